The summed E-state index contributed by atoms with van der Waals surface area (Å²) in [7, 11) is 3.19. The van der Waals surface area contributed by atoms with Crippen LogP contribution in [0.4, 0.5) is 5.69 Å². The number of rotatable bonds is 6. The lowest BCUT2D eigenvalue weighted by Crippen LogP contribution is -2.32. The van der Waals surface area contributed by atoms with Crippen LogP contribution < -0.4 is 9.47 Å². The minimum Gasteiger partial charge on any atom is -0.493 e. The van der Waals surface area contributed by atoms with Gasteiger partial charge in [0.1, 0.15) is 0 Å². The summed E-state index contributed by atoms with van der Waals surface area (Å²) in [5, 5.41) is 0.657. The second kappa shape index (κ2) is 9.75. The molecule has 0 N–H and O–H groups in total. The molecule has 6 heteroatoms. The van der Waals surface area contributed by atoms with E-state index in [-0.39, 0.29) is 11.9 Å². The number of nitrogens with zero attached hydrogens (tertiary/aromatic N) is 2. The number of hydrogen-bond donors (Lipinski definition) is 0. The zero-order chi connectivity index (χ0) is 22.5. The smallest absolute Gasteiger partial charge is 0.267 e. The third kappa shape index (κ3) is 4.55. The lowest BCUT2D eigenvalue weighted by Gasteiger charge is -2.24. The predicted octanol–water partition coefficient (Wildman–Crippen LogP) is 6.07. The first-order chi connectivity index (χ1) is 15.6. The van der Waals surface area contributed by atoms with E-state index in [0.717, 1.165) is 16.8 Å². The Hall–Kier alpha value is -3.51. The summed E-state index contributed by atoms with van der Waals surface area (Å²) in [6, 6.07) is 25.1. The average molecular weight is 445 g/mol. The first-order valence-electron chi connectivity index (χ1n) is 10.2. The molecule has 5 nitrogen and oxygen atoms in total. The van der Waals surface area contributed by atoms with Gasteiger partial charge in [0.25, 0.3) is 5.91 Å². The van der Waals surface area contributed by atoms with E-state index in [4.69, 9.17) is 14.5 Å². The van der Waals surface area contributed by atoms with Gasteiger partial charge in [-0.25, -0.2) is 4.99 Å². The Balaban J connectivity index is 1.74. The van der Waals surface area contributed by atoms with Crippen molar-refractivity contribution in [1.82, 2.24) is 4.90 Å². The second-order valence-electron chi connectivity index (χ2n) is 7.22. The van der Waals surface area contributed by atoms with Gasteiger partial charge in [0.15, 0.2) is 16.7 Å². The molecule has 1 aliphatic heterocycles. The van der Waals surface area contributed by atoms with E-state index in [1.54, 1.807) is 19.1 Å². The summed E-state index contributed by atoms with van der Waals surface area (Å²) in [4.78, 5) is 20.7. The minimum absolute atomic E-state index is 0.0733. The van der Waals surface area contributed by atoms with Crippen LogP contribution in [0, 0.1) is 0 Å². The van der Waals surface area contributed by atoms with Crippen molar-refractivity contribution in [2.24, 2.45) is 4.99 Å². The number of para-hydroxylation sites is 1. The molecule has 0 bridgehead atoms. The standard InChI is InChI=1S/C26H24N2O3S/c1-18(20-10-6-4-7-11-20)28-25(29)24(32-26(28)27-21-12-8-5-9-13-21)17-19-14-15-22(30-2)23(16-19)31-3/h4-18H,1-3H3/b24-17+,27-26?/t18-/m0/s1. The predicted molar refractivity (Wildman–Crippen MR) is 130 cm³/mol. The van der Waals surface area contributed by atoms with Gasteiger partial charge in [-0.3, -0.25) is 9.69 Å². The van der Waals surface area contributed by atoms with Gasteiger partial charge in [0.2, 0.25) is 0 Å². The fraction of sp³-hybridized carbons (Fsp3) is 0.154. The molecule has 4 rings (SSSR count). The van der Waals surface area contributed by atoms with Crippen LogP contribution in [0.2, 0.25) is 0 Å². The first kappa shape index (κ1) is 21.7. The van der Waals surface area contributed by atoms with Crippen LogP contribution in [-0.4, -0.2) is 30.2 Å². The molecule has 162 valence electrons. The Morgan fingerprint density at radius 3 is 2.22 bits per heavy atom. The van der Waals surface area contributed by atoms with Crippen molar-refractivity contribution in [2.45, 2.75) is 13.0 Å². The summed E-state index contributed by atoms with van der Waals surface area (Å²) >= 11 is 1.38. The largest absolute Gasteiger partial charge is 0.493 e. The maximum atomic E-state index is 13.5. The Labute approximate surface area is 192 Å². The molecule has 3 aromatic carbocycles. The van der Waals surface area contributed by atoms with Gasteiger partial charge in [-0.1, -0.05) is 54.6 Å². The monoisotopic (exact) mass is 444 g/mol. The van der Waals surface area contributed by atoms with E-state index in [1.165, 1.54) is 11.8 Å². The molecular formula is C26H24N2O3S. The van der Waals surface area contributed by atoms with Gasteiger partial charge in [0, 0.05) is 0 Å². The van der Waals surface area contributed by atoms with E-state index < -0.39 is 0 Å². The van der Waals surface area contributed by atoms with Crippen LogP contribution in [0.3, 0.4) is 0 Å². The van der Waals surface area contributed by atoms with E-state index in [9.17, 15) is 4.79 Å². The molecule has 3 aromatic rings. The normalized spacial score (nSPS) is 17.1. The molecule has 32 heavy (non-hydrogen) atoms. The summed E-state index contributed by atoms with van der Waals surface area (Å²) in [5.41, 5.74) is 2.71. The van der Waals surface area contributed by atoms with E-state index in [2.05, 4.69) is 0 Å². The summed E-state index contributed by atoms with van der Waals surface area (Å²) in [5.74, 6) is 1.19. The molecule has 1 amide bonds. The molecule has 0 aliphatic carbocycles. The number of benzene rings is 3. The van der Waals surface area contributed by atoms with E-state index in [1.807, 2.05) is 91.9 Å². The fourth-order valence-electron chi connectivity index (χ4n) is 3.49. The minimum atomic E-state index is -0.157. The molecule has 0 unspecified atom stereocenters. The number of amidine groups is 1. The molecule has 1 saturated heterocycles. The van der Waals surface area contributed by atoms with Crippen LogP contribution >= 0.6 is 11.8 Å². The summed E-state index contributed by atoms with van der Waals surface area (Å²) in [6.45, 7) is 2.02. The van der Waals surface area contributed by atoms with Gasteiger partial charge >= 0.3 is 0 Å². The van der Waals surface area contributed by atoms with Crippen molar-refractivity contribution in [3.63, 3.8) is 0 Å². The highest BCUT2D eigenvalue weighted by molar-refractivity contribution is 8.18. The van der Waals surface area contributed by atoms with Crippen LogP contribution in [0.1, 0.15) is 24.1 Å². The highest BCUT2D eigenvalue weighted by atomic mass is 32.2. The summed E-state index contributed by atoms with van der Waals surface area (Å²) in [6.07, 6.45) is 1.87. The molecule has 1 heterocycles. The molecule has 0 radical (unpaired) electrons. The van der Waals surface area contributed by atoms with E-state index >= 15 is 0 Å². The number of hydrogen-bond acceptors (Lipinski definition) is 5. The number of carbonyl (C=O) groups is 1. The Morgan fingerprint density at radius 1 is 0.906 bits per heavy atom. The highest BCUT2D eigenvalue weighted by Gasteiger charge is 2.37. The van der Waals surface area contributed by atoms with Crippen molar-refractivity contribution < 1.29 is 14.3 Å². The SMILES string of the molecule is COc1ccc(/C=C2/SC(=Nc3ccccc3)N([C@@H](C)c3ccccc3)C2=O)cc1OC. The molecule has 0 aromatic heterocycles. The van der Waals surface area contributed by atoms with Crippen molar-refractivity contribution in [3.05, 3.63) is 94.9 Å². The van der Waals surface area contributed by atoms with Gasteiger partial charge < -0.3 is 9.47 Å². The van der Waals surface area contributed by atoms with Crippen LogP contribution in [-0.2, 0) is 4.79 Å². The van der Waals surface area contributed by atoms with Gasteiger partial charge in [0.05, 0.1) is 30.9 Å². The average Bonchev–Trinajstić information content (AvgIpc) is 3.13. The van der Waals surface area contributed by atoms with Crippen molar-refractivity contribution in [1.29, 1.82) is 0 Å². The topological polar surface area (TPSA) is 51.1 Å². The van der Waals surface area contributed by atoms with Gasteiger partial charge in [-0.15, -0.1) is 0 Å². The van der Waals surface area contributed by atoms with Crippen molar-refractivity contribution in [2.75, 3.05) is 14.2 Å². The van der Waals surface area contributed by atoms with Gasteiger partial charge in [-0.05, 0) is 60.2 Å². The van der Waals surface area contributed by atoms with Crippen LogP contribution in [0.15, 0.2) is 88.8 Å². The zero-order valence-corrected chi connectivity index (χ0v) is 19.0. The Kier molecular flexibility index (Phi) is 6.61. The maximum Gasteiger partial charge on any atom is 0.267 e. The highest BCUT2D eigenvalue weighted by Crippen LogP contribution is 2.39. The number of ether oxygens (including phenoxy) is 2. The Morgan fingerprint density at radius 2 is 1.56 bits per heavy atom. The molecule has 1 aliphatic rings. The number of methoxy groups -OCH3 is 2. The van der Waals surface area contributed by atoms with Crippen LogP contribution in [0.5, 0.6) is 11.5 Å². The van der Waals surface area contributed by atoms with Gasteiger partial charge in [-0.2, -0.15) is 0 Å². The summed E-state index contributed by atoms with van der Waals surface area (Å²) < 4.78 is 10.7. The molecule has 1 fully saturated rings. The quantitative estimate of drug-likeness (QED) is 0.433. The molecule has 0 spiro atoms. The zero-order valence-electron chi connectivity index (χ0n) is 18.2. The molecule has 1 atom stereocenters. The Bertz CT molecular complexity index is 1160. The second-order valence-corrected chi connectivity index (χ2v) is 8.23. The van der Waals surface area contributed by atoms with Crippen molar-refractivity contribution in [3.8, 4) is 11.5 Å². The maximum absolute atomic E-state index is 13.5. The van der Waals surface area contributed by atoms with E-state index in [0.29, 0.717) is 21.6 Å². The number of amides is 1. The number of aliphatic imine (C=N–C) groups is 1. The number of thioether (sulfide) groups is 1. The first-order valence-corrected chi connectivity index (χ1v) is 11.1. The third-order valence-electron chi connectivity index (χ3n) is 5.19. The third-order valence-corrected chi connectivity index (χ3v) is 6.18. The fourth-order valence-corrected chi connectivity index (χ4v) is 4.56. The lowest BCUT2D eigenvalue weighted by molar-refractivity contribution is -0.123. The van der Waals surface area contributed by atoms with Crippen LogP contribution in [0.25, 0.3) is 6.08 Å². The molecule has 0 saturated carbocycles. The molecular weight excluding hydrogens is 420 g/mol. The lowest BCUT2D eigenvalue weighted by atomic mass is 10.1. The van der Waals surface area contributed by atoms with Crippen molar-refractivity contribution >= 4 is 34.6 Å². The number of carbonyl (C=O) groups excluding carboxylic acids is 1.